The number of aliphatic carboxylic acids is 1. The molecule has 0 saturated carbocycles. The van der Waals surface area contributed by atoms with Crippen molar-refractivity contribution in [1.82, 2.24) is 5.32 Å². The Morgan fingerprint density at radius 2 is 2.10 bits per heavy atom. The summed E-state index contributed by atoms with van der Waals surface area (Å²) in [5.74, 6) is -1.08. The molecule has 2 rings (SSSR count). The maximum absolute atomic E-state index is 13.2. The summed E-state index contributed by atoms with van der Waals surface area (Å²) in [5.41, 5.74) is 0.838. The molecule has 0 unspecified atom stereocenters. The molecule has 0 aliphatic heterocycles. The molecule has 0 radical (unpaired) electrons. The van der Waals surface area contributed by atoms with Crippen LogP contribution in [0.1, 0.15) is 18.7 Å². The highest BCUT2D eigenvalue weighted by molar-refractivity contribution is 7.15. The molecule has 1 aromatic carbocycles. The van der Waals surface area contributed by atoms with E-state index in [1.54, 1.807) is 6.07 Å². The minimum atomic E-state index is -0.841. The Labute approximate surface area is 127 Å². The Balaban J connectivity index is 2.05. The molecule has 0 aliphatic rings. The fourth-order valence-electron chi connectivity index (χ4n) is 2.09. The van der Waals surface area contributed by atoms with E-state index in [1.165, 1.54) is 23.5 Å². The average molecular weight is 307 g/mol. The first kappa shape index (κ1) is 15.7. The molecule has 1 aromatic heterocycles. The topological polar surface area (TPSA) is 49.3 Å². The first-order chi connectivity index (χ1) is 9.97. The molecule has 0 bridgehead atoms. The Kier molecular flexibility index (Phi) is 5.09. The molecule has 112 valence electrons. The number of hydrogen-bond donors (Lipinski definition) is 2. The fourth-order valence-corrected chi connectivity index (χ4v) is 3.04. The highest BCUT2D eigenvalue weighted by Gasteiger charge is 2.20. The fraction of sp³-hybridized carbons (Fsp3) is 0.312. The molecule has 1 atom stereocenters. The molecular weight excluding hydrogens is 289 g/mol. The molecule has 0 saturated heterocycles. The van der Waals surface area contributed by atoms with Crippen molar-refractivity contribution in [2.24, 2.45) is 5.92 Å². The molecule has 0 fully saturated rings. The van der Waals surface area contributed by atoms with Gasteiger partial charge in [-0.3, -0.25) is 10.1 Å². The summed E-state index contributed by atoms with van der Waals surface area (Å²) >= 11 is 1.54. The summed E-state index contributed by atoms with van der Waals surface area (Å²) in [4.78, 5) is 13.1. The van der Waals surface area contributed by atoms with E-state index in [9.17, 15) is 9.18 Å². The van der Waals surface area contributed by atoms with Crippen LogP contribution in [-0.4, -0.2) is 17.1 Å². The number of halogens is 1. The Morgan fingerprint density at radius 1 is 1.33 bits per heavy atom. The van der Waals surface area contributed by atoms with Crippen LogP contribution in [0.4, 0.5) is 4.39 Å². The summed E-state index contributed by atoms with van der Waals surface area (Å²) in [6, 6.07) is 9.77. The second-order valence-corrected chi connectivity index (χ2v) is 6.39. The lowest BCUT2D eigenvalue weighted by Gasteiger charge is -2.17. The summed E-state index contributed by atoms with van der Waals surface area (Å²) in [6.07, 6.45) is 0. The molecule has 0 aliphatic carbocycles. The van der Waals surface area contributed by atoms with Crippen molar-refractivity contribution in [1.29, 1.82) is 0 Å². The number of benzene rings is 1. The highest BCUT2D eigenvalue weighted by Crippen LogP contribution is 2.28. The van der Waals surface area contributed by atoms with Crippen LogP contribution in [0.15, 0.2) is 36.4 Å². The third-order valence-corrected chi connectivity index (χ3v) is 4.33. The van der Waals surface area contributed by atoms with Crippen molar-refractivity contribution in [2.45, 2.75) is 26.4 Å². The van der Waals surface area contributed by atoms with E-state index < -0.39 is 12.0 Å². The van der Waals surface area contributed by atoms with Gasteiger partial charge in [0, 0.05) is 16.3 Å². The molecule has 2 N–H and O–H groups in total. The zero-order chi connectivity index (χ0) is 15.4. The van der Waals surface area contributed by atoms with Gasteiger partial charge >= 0.3 is 5.97 Å². The van der Waals surface area contributed by atoms with Crippen molar-refractivity contribution in [3.8, 4) is 10.4 Å². The van der Waals surface area contributed by atoms with Crippen LogP contribution < -0.4 is 5.32 Å². The molecule has 0 spiro atoms. The molecule has 1 heterocycles. The van der Waals surface area contributed by atoms with E-state index in [4.69, 9.17) is 5.11 Å². The minimum absolute atomic E-state index is 0.0187. The van der Waals surface area contributed by atoms with Crippen LogP contribution in [0, 0.1) is 11.7 Å². The molecule has 0 amide bonds. The number of carboxylic acid groups (broad SMARTS) is 1. The second kappa shape index (κ2) is 6.83. The van der Waals surface area contributed by atoms with Gasteiger partial charge < -0.3 is 5.11 Å². The van der Waals surface area contributed by atoms with Crippen LogP contribution in [0.3, 0.4) is 0 Å². The number of hydrogen-bond acceptors (Lipinski definition) is 3. The third-order valence-electron chi connectivity index (χ3n) is 3.20. The lowest BCUT2D eigenvalue weighted by Crippen LogP contribution is -2.40. The standard InChI is InChI=1S/C16H18FNO2S/c1-10(2)15(16(19)20)18-9-13-6-7-14(21-13)11-4-3-5-12(17)8-11/h3-8,10,15,18H,9H2,1-2H3,(H,19,20)/t15-/m0/s1. The number of nitrogens with one attached hydrogen (secondary N) is 1. The van der Waals surface area contributed by atoms with Gasteiger partial charge in [0.05, 0.1) is 0 Å². The van der Waals surface area contributed by atoms with E-state index in [0.717, 1.165) is 15.3 Å². The Hall–Kier alpha value is -1.72. The monoisotopic (exact) mass is 307 g/mol. The highest BCUT2D eigenvalue weighted by atomic mass is 32.1. The first-order valence-electron chi connectivity index (χ1n) is 6.78. The van der Waals surface area contributed by atoms with Gasteiger partial charge in [0.2, 0.25) is 0 Å². The van der Waals surface area contributed by atoms with E-state index in [-0.39, 0.29) is 11.7 Å². The van der Waals surface area contributed by atoms with Gasteiger partial charge in [-0.1, -0.05) is 26.0 Å². The predicted octanol–water partition coefficient (Wildman–Crippen LogP) is 3.75. The van der Waals surface area contributed by atoms with Gasteiger partial charge in [0.15, 0.2) is 0 Å². The average Bonchev–Trinajstić information content (AvgIpc) is 2.87. The van der Waals surface area contributed by atoms with Crippen LogP contribution in [0.5, 0.6) is 0 Å². The molecule has 5 heteroatoms. The minimum Gasteiger partial charge on any atom is -0.480 e. The summed E-state index contributed by atoms with van der Waals surface area (Å²) in [6.45, 7) is 4.24. The van der Waals surface area contributed by atoms with Crippen molar-refractivity contribution >= 4 is 17.3 Å². The van der Waals surface area contributed by atoms with Gasteiger partial charge in [-0.05, 0) is 35.7 Å². The van der Waals surface area contributed by atoms with Crippen molar-refractivity contribution in [2.75, 3.05) is 0 Å². The number of carbonyl (C=O) groups is 1. The number of rotatable bonds is 6. The van der Waals surface area contributed by atoms with Gasteiger partial charge in [-0.25, -0.2) is 4.39 Å². The molecule has 2 aromatic rings. The van der Waals surface area contributed by atoms with Gasteiger partial charge in [0.25, 0.3) is 0 Å². The first-order valence-corrected chi connectivity index (χ1v) is 7.60. The Bertz CT molecular complexity index is 624. The van der Waals surface area contributed by atoms with E-state index in [0.29, 0.717) is 6.54 Å². The predicted molar refractivity (Wildman–Crippen MR) is 82.8 cm³/mol. The zero-order valence-corrected chi connectivity index (χ0v) is 12.8. The van der Waals surface area contributed by atoms with Gasteiger partial charge in [0.1, 0.15) is 11.9 Å². The van der Waals surface area contributed by atoms with Crippen LogP contribution in [0.25, 0.3) is 10.4 Å². The van der Waals surface area contributed by atoms with Crippen LogP contribution in [0.2, 0.25) is 0 Å². The normalized spacial score (nSPS) is 12.6. The lowest BCUT2D eigenvalue weighted by molar-refractivity contribution is -0.140. The van der Waals surface area contributed by atoms with Crippen LogP contribution >= 0.6 is 11.3 Å². The third kappa shape index (κ3) is 4.12. The summed E-state index contributed by atoms with van der Waals surface area (Å²) in [7, 11) is 0. The number of thiophene rings is 1. The largest absolute Gasteiger partial charge is 0.480 e. The maximum atomic E-state index is 13.2. The van der Waals surface area contributed by atoms with Crippen molar-refractivity contribution < 1.29 is 14.3 Å². The van der Waals surface area contributed by atoms with Gasteiger partial charge in [-0.15, -0.1) is 11.3 Å². The quantitative estimate of drug-likeness (QED) is 0.854. The van der Waals surface area contributed by atoms with E-state index >= 15 is 0 Å². The Morgan fingerprint density at radius 3 is 2.71 bits per heavy atom. The van der Waals surface area contributed by atoms with E-state index in [2.05, 4.69) is 5.32 Å². The van der Waals surface area contributed by atoms with Crippen molar-refractivity contribution in [3.05, 3.63) is 47.1 Å². The molecule has 21 heavy (non-hydrogen) atoms. The lowest BCUT2D eigenvalue weighted by atomic mass is 10.1. The summed E-state index contributed by atoms with van der Waals surface area (Å²) < 4.78 is 13.2. The van der Waals surface area contributed by atoms with E-state index in [1.807, 2.05) is 32.0 Å². The van der Waals surface area contributed by atoms with Crippen molar-refractivity contribution in [3.63, 3.8) is 0 Å². The zero-order valence-electron chi connectivity index (χ0n) is 12.0. The maximum Gasteiger partial charge on any atom is 0.320 e. The second-order valence-electron chi connectivity index (χ2n) is 5.22. The molecule has 3 nitrogen and oxygen atoms in total. The van der Waals surface area contributed by atoms with Crippen LogP contribution in [-0.2, 0) is 11.3 Å². The SMILES string of the molecule is CC(C)[C@H](NCc1ccc(-c2cccc(F)c2)s1)C(=O)O. The van der Waals surface area contributed by atoms with Gasteiger partial charge in [-0.2, -0.15) is 0 Å². The molecular formula is C16H18FNO2S. The summed E-state index contributed by atoms with van der Waals surface area (Å²) in [5, 5.41) is 12.2. The smallest absolute Gasteiger partial charge is 0.320 e. The number of carboxylic acids is 1.